The number of rotatable bonds is 3. The monoisotopic (exact) mass is 311 g/mol. The maximum absolute atomic E-state index is 5.75. The molecule has 3 nitrogen and oxygen atoms in total. The van der Waals surface area contributed by atoms with Crippen molar-refractivity contribution >= 4 is 21.6 Å². The maximum atomic E-state index is 5.75. The molecule has 1 atom stereocenters. The highest BCUT2D eigenvalue weighted by atomic mass is 79.9. The first-order valence-corrected chi connectivity index (χ1v) is 7.32. The Bertz CT molecular complexity index is 408. The molecule has 1 unspecified atom stereocenters. The fourth-order valence-electron chi connectivity index (χ4n) is 2.60. The number of nitrogens with zero attached hydrogens (tertiary/aromatic N) is 2. The summed E-state index contributed by atoms with van der Waals surface area (Å²) in [5.74, 6) is 0. The van der Waals surface area contributed by atoms with Gasteiger partial charge in [0.15, 0.2) is 0 Å². The van der Waals surface area contributed by atoms with Gasteiger partial charge in [0.25, 0.3) is 0 Å². The number of aryl methyl sites for hydroxylation is 1. The van der Waals surface area contributed by atoms with Crippen LogP contribution in [0.4, 0.5) is 5.69 Å². The van der Waals surface area contributed by atoms with E-state index in [-0.39, 0.29) is 0 Å². The zero-order chi connectivity index (χ0) is 13.1. The predicted octanol–water partition coefficient (Wildman–Crippen LogP) is 2.23. The molecule has 1 aliphatic rings. The van der Waals surface area contributed by atoms with E-state index in [2.05, 4.69) is 57.9 Å². The van der Waals surface area contributed by atoms with Crippen molar-refractivity contribution in [2.75, 3.05) is 38.1 Å². The number of hydrogen-bond donors (Lipinski definition) is 1. The van der Waals surface area contributed by atoms with Crippen LogP contribution < -0.4 is 10.6 Å². The third-order valence-electron chi connectivity index (χ3n) is 3.66. The Morgan fingerprint density at radius 1 is 1.39 bits per heavy atom. The van der Waals surface area contributed by atoms with Gasteiger partial charge in [0.2, 0.25) is 0 Å². The van der Waals surface area contributed by atoms with Crippen LogP contribution in [0.5, 0.6) is 0 Å². The molecule has 4 heteroatoms. The third kappa shape index (κ3) is 3.05. The molecule has 18 heavy (non-hydrogen) atoms. The van der Waals surface area contributed by atoms with Crippen LogP contribution in [0.1, 0.15) is 12.0 Å². The Balaban J connectivity index is 2.20. The van der Waals surface area contributed by atoms with Crippen LogP contribution in [-0.4, -0.2) is 44.2 Å². The van der Waals surface area contributed by atoms with E-state index in [9.17, 15) is 0 Å². The van der Waals surface area contributed by atoms with Crippen molar-refractivity contribution in [3.8, 4) is 0 Å². The number of hydrogen-bond acceptors (Lipinski definition) is 3. The van der Waals surface area contributed by atoms with Gasteiger partial charge in [0.1, 0.15) is 0 Å². The second kappa shape index (κ2) is 6.04. The van der Waals surface area contributed by atoms with E-state index >= 15 is 0 Å². The van der Waals surface area contributed by atoms with Crippen molar-refractivity contribution in [2.24, 2.45) is 5.73 Å². The van der Waals surface area contributed by atoms with Gasteiger partial charge in [-0.25, -0.2) is 0 Å². The average molecular weight is 312 g/mol. The van der Waals surface area contributed by atoms with E-state index in [0.717, 1.165) is 32.6 Å². The summed E-state index contributed by atoms with van der Waals surface area (Å²) in [7, 11) is 2.19. The Labute approximate surface area is 118 Å². The largest absolute Gasteiger partial charge is 0.366 e. The fraction of sp³-hybridized carbons (Fsp3) is 0.571. The highest BCUT2D eigenvalue weighted by molar-refractivity contribution is 9.10. The van der Waals surface area contributed by atoms with Crippen LogP contribution in [0.2, 0.25) is 0 Å². The van der Waals surface area contributed by atoms with Crippen LogP contribution in [0.15, 0.2) is 22.7 Å². The molecular weight excluding hydrogens is 290 g/mol. The summed E-state index contributed by atoms with van der Waals surface area (Å²) < 4.78 is 1.18. The zero-order valence-corrected chi connectivity index (χ0v) is 12.8. The number of halogens is 1. The minimum atomic E-state index is 0.536. The molecule has 0 radical (unpaired) electrons. The molecule has 2 N–H and O–H groups in total. The van der Waals surface area contributed by atoms with E-state index in [1.807, 2.05) is 0 Å². The summed E-state index contributed by atoms with van der Waals surface area (Å²) in [6.45, 7) is 6.21. The van der Waals surface area contributed by atoms with Gasteiger partial charge in [-0.05, 0) is 50.7 Å². The van der Waals surface area contributed by atoms with Crippen molar-refractivity contribution < 1.29 is 0 Å². The van der Waals surface area contributed by atoms with Crippen LogP contribution in [0.25, 0.3) is 0 Å². The molecule has 2 rings (SSSR count). The first kappa shape index (κ1) is 13.8. The van der Waals surface area contributed by atoms with Crippen molar-refractivity contribution in [2.45, 2.75) is 19.4 Å². The van der Waals surface area contributed by atoms with E-state index in [0.29, 0.717) is 6.04 Å². The molecule has 1 heterocycles. The summed E-state index contributed by atoms with van der Waals surface area (Å²) in [5, 5.41) is 0. The van der Waals surface area contributed by atoms with Crippen molar-refractivity contribution in [3.05, 3.63) is 28.2 Å². The fourth-order valence-corrected chi connectivity index (χ4v) is 2.84. The van der Waals surface area contributed by atoms with Gasteiger partial charge in [-0.3, -0.25) is 0 Å². The van der Waals surface area contributed by atoms with E-state index < -0.39 is 0 Å². The van der Waals surface area contributed by atoms with E-state index in [4.69, 9.17) is 5.73 Å². The molecule has 1 aromatic rings. The molecule has 0 amide bonds. The van der Waals surface area contributed by atoms with Crippen LogP contribution in [-0.2, 0) is 0 Å². The molecule has 0 bridgehead atoms. The van der Waals surface area contributed by atoms with Gasteiger partial charge in [0, 0.05) is 35.8 Å². The second-order valence-corrected chi connectivity index (χ2v) is 5.97. The molecular formula is C14H22BrN3. The molecule has 0 aromatic heterocycles. The van der Waals surface area contributed by atoms with Crippen LogP contribution in [0.3, 0.4) is 0 Å². The molecule has 1 fully saturated rings. The summed E-state index contributed by atoms with van der Waals surface area (Å²) >= 11 is 3.56. The average Bonchev–Trinajstić information content (AvgIpc) is 2.34. The predicted molar refractivity (Wildman–Crippen MR) is 81.2 cm³/mol. The van der Waals surface area contributed by atoms with Gasteiger partial charge in [-0.1, -0.05) is 15.9 Å². The van der Waals surface area contributed by atoms with Crippen molar-refractivity contribution in [1.29, 1.82) is 0 Å². The van der Waals surface area contributed by atoms with Crippen molar-refractivity contribution in [3.63, 3.8) is 0 Å². The minimum Gasteiger partial charge on any atom is -0.366 e. The molecule has 0 spiro atoms. The molecule has 0 aliphatic carbocycles. The zero-order valence-electron chi connectivity index (χ0n) is 11.2. The Morgan fingerprint density at radius 3 is 2.83 bits per heavy atom. The first-order chi connectivity index (χ1) is 8.61. The molecule has 0 saturated carbocycles. The summed E-state index contributed by atoms with van der Waals surface area (Å²) in [4.78, 5) is 4.90. The van der Waals surface area contributed by atoms with Crippen molar-refractivity contribution in [1.82, 2.24) is 4.90 Å². The lowest BCUT2D eigenvalue weighted by molar-refractivity contribution is 0.262. The third-order valence-corrected chi connectivity index (χ3v) is 4.55. The number of nitrogens with two attached hydrogens (primary N) is 1. The van der Waals surface area contributed by atoms with Crippen LogP contribution >= 0.6 is 15.9 Å². The highest BCUT2D eigenvalue weighted by Crippen LogP contribution is 2.26. The number of piperazine rings is 1. The summed E-state index contributed by atoms with van der Waals surface area (Å²) in [6.07, 6.45) is 1.06. The molecule has 100 valence electrons. The quantitative estimate of drug-likeness (QED) is 0.929. The summed E-state index contributed by atoms with van der Waals surface area (Å²) in [6, 6.07) is 7.14. The normalized spacial score (nSPS) is 21.3. The van der Waals surface area contributed by atoms with E-state index in [1.54, 1.807) is 0 Å². The lowest BCUT2D eigenvalue weighted by atomic mass is 10.1. The Kier molecular flexibility index (Phi) is 4.65. The van der Waals surface area contributed by atoms with Gasteiger partial charge in [-0.15, -0.1) is 0 Å². The SMILES string of the molecule is Cc1cc(N2CCN(C)CC2CCN)ccc1Br. The Hall–Kier alpha value is -0.580. The minimum absolute atomic E-state index is 0.536. The van der Waals surface area contributed by atoms with Gasteiger partial charge in [0.05, 0.1) is 0 Å². The number of benzene rings is 1. The van der Waals surface area contributed by atoms with Gasteiger partial charge in [-0.2, -0.15) is 0 Å². The van der Waals surface area contributed by atoms with Crippen LogP contribution in [0, 0.1) is 6.92 Å². The second-order valence-electron chi connectivity index (χ2n) is 5.12. The van der Waals surface area contributed by atoms with E-state index in [1.165, 1.54) is 15.7 Å². The maximum Gasteiger partial charge on any atom is 0.0429 e. The summed E-state index contributed by atoms with van der Waals surface area (Å²) in [5.41, 5.74) is 8.36. The highest BCUT2D eigenvalue weighted by Gasteiger charge is 2.24. The lowest BCUT2D eigenvalue weighted by Gasteiger charge is -2.41. The number of likely N-dealkylation sites (N-methyl/N-ethyl adjacent to an activating group) is 1. The standard InChI is InChI=1S/C14H22BrN3/c1-11-9-12(3-4-14(11)15)18-8-7-17(2)10-13(18)5-6-16/h3-4,9,13H,5-8,10,16H2,1-2H3. The van der Waals surface area contributed by atoms with Gasteiger partial charge < -0.3 is 15.5 Å². The molecule has 1 aliphatic heterocycles. The smallest absolute Gasteiger partial charge is 0.0429 e. The number of anilines is 1. The molecule has 1 aromatic carbocycles. The topological polar surface area (TPSA) is 32.5 Å². The lowest BCUT2D eigenvalue weighted by Crippen LogP contribution is -2.52. The van der Waals surface area contributed by atoms with Gasteiger partial charge >= 0.3 is 0 Å². The Morgan fingerprint density at radius 2 is 2.17 bits per heavy atom. The first-order valence-electron chi connectivity index (χ1n) is 6.53. The molecule has 1 saturated heterocycles.